The molecule has 1 unspecified atom stereocenters. The van der Waals surface area contributed by atoms with Gasteiger partial charge in [-0.25, -0.2) is 4.68 Å². The van der Waals surface area contributed by atoms with Crippen molar-refractivity contribution in [3.05, 3.63) is 0 Å². The number of thioether (sulfide) groups is 1. The molecule has 0 amide bonds. The van der Waals surface area contributed by atoms with Crippen LogP contribution in [0.15, 0.2) is 5.16 Å². The van der Waals surface area contributed by atoms with Gasteiger partial charge in [0.1, 0.15) is 0 Å². The van der Waals surface area contributed by atoms with Crippen molar-refractivity contribution < 1.29 is 5.11 Å². The van der Waals surface area contributed by atoms with Crippen LogP contribution in [0.4, 0.5) is 0 Å². The van der Waals surface area contributed by atoms with Crippen molar-refractivity contribution in [3.8, 4) is 0 Å². The number of aliphatic hydroxyl groups is 1. The molecule has 7 heteroatoms. The van der Waals surface area contributed by atoms with E-state index in [2.05, 4.69) is 15.5 Å². The molecule has 15 heavy (non-hydrogen) atoms. The van der Waals surface area contributed by atoms with E-state index >= 15 is 0 Å². The average Bonchev–Trinajstić information content (AvgIpc) is 2.96. The number of rotatable bonds is 6. The first-order chi connectivity index (χ1) is 7.31. The van der Waals surface area contributed by atoms with Crippen LogP contribution < -0.4 is 5.73 Å². The van der Waals surface area contributed by atoms with Gasteiger partial charge in [0.2, 0.25) is 5.16 Å². The summed E-state index contributed by atoms with van der Waals surface area (Å²) in [6.07, 6.45) is 2.96. The summed E-state index contributed by atoms with van der Waals surface area (Å²) in [7, 11) is 0. The summed E-state index contributed by atoms with van der Waals surface area (Å²) in [5.74, 6) is 0.744. The number of tetrazole rings is 1. The van der Waals surface area contributed by atoms with E-state index < -0.39 is 0 Å². The summed E-state index contributed by atoms with van der Waals surface area (Å²) in [5, 5.41) is 21.1. The Labute approximate surface area is 92.2 Å². The molecule has 1 aliphatic carbocycles. The predicted molar refractivity (Wildman–Crippen MR) is 56.5 cm³/mol. The lowest BCUT2D eigenvalue weighted by atomic mass is 10.3. The molecule has 0 saturated heterocycles. The van der Waals surface area contributed by atoms with E-state index in [1.807, 2.05) is 4.68 Å². The van der Waals surface area contributed by atoms with Gasteiger partial charge in [-0.15, -0.1) is 5.10 Å². The van der Waals surface area contributed by atoms with Crippen LogP contribution in [0, 0.1) is 0 Å². The normalized spacial score (nSPS) is 18.0. The third-order valence-corrected chi connectivity index (χ3v) is 3.40. The van der Waals surface area contributed by atoms with E-state index in [0.717, 1.165) is 10.9 Å². The van der Waals surface area contributed by atoms with Gasteiger partial charge >= 0.3 is 0 Å². The first kappa shape index (κ1) is 10.8. The smallest absolute Gasteiger partial charge is 0.209 e. The van der Waals surface area contributed by atoms with Crippen LogP contribution in [0.2, 0.25) is 0 Å². The predicted octanol–water partition coefficient (Wildman–Crippen LogP) is -0.190. The van der Waals surface area contributed by atoms with Crippen molar-refractivity contribution in [2.75, 3.05) is 12.4 Å². The van der Waals surface area contributed by atoms with E-state index in [9.17, 15) is 0 Å². The topological polar surface area (TPSA) is 89.8 Å². The van der Waals surface area contributed by atoms with Gasteiger partial charge in [0.05, 0.1) is 6.04 Å². The minimum absolute atomic E-state index is 0.00403. The lowest BCUT2D eigenvalue weighted by Gasteiger charge is -2.08. The molecule has 2 rings (SSSR count). The highest BCUT2D eigenvalue weighted by molar-refractivity contribution is 7.99. The molecule has 0 radical (unpaired) electrons. The maximum absolute atomic E-state index is 8.71. The van der Waals surface area contributed by atoms with E-state index in [-0.39, 0.29) is 12.6 Å². The second-order valence-corrected chi connectivity index (χ2v) is 4.71. The van der Waals surface area contributed by atoms with Gasteiger partial charge in [0.15, 0.2) is 0 Å². The molecule has 84 valence electrons. The third-order valence-electron chi connectivity index (χ3n) is 2.28. The Kier molecular flexibility index (Phi) is 3.55. The quantitative estimate of drug-likeness (QED) is 0.657. The molecular formula is C8H15N5OS. The average molecular weight is 229 g/mol. The van der Waals surface area contributed by atoms with Gasteiger partial charge in [-0.2, -0.15) is 0 Å². The number of aliphatic hydroxyl groups excluding tert-OH is 1. The van der Waals surface area contributed by atoms with Gasteiger partial charge < -0.3 is 10.8 Å². The number of hydrogen-bond acceptors (Lipinski definition) is 6. The molecule has 1 fully saturated rings. The fourth-order valence-electron chi connectivity index (χ4n) is 1.26. The van der Waals surface area contributed by atoms with Crippen molar-refractivity contribution in [1.29, 1.82) is 0 Å². The molecule has 1 atom stereocenters. The van der Waals surface area contributed by atoms with E-state index in [4.69, 9.17) is 10.8 Å². The van der Waals surface area contributed by atoms with Crippen LogP contribution >= 0.6 is 11.8 Å². The Hall–Kier alpha value is -0.660. The fraction of sp³-hybridized carbons (Fsp3) is 0.875. The molecule has 0 aliphatic heterocycles. The SMILES string of the molecule is NC(CCO)CSc1nnnn1C1CC1. The third kappa shape index (κ3) is 2.90. The molecular weight excluding hydrogens is 214 g/mol. The molecule has 0 aromatic carbocycles. The first-order valence-corrected chi connectivity index (χ1v) is 6.07. The number of nitrogens with two attached hydrogens (primary N) is 1. The highest BCUT2D eigenvalue weighted by atomic mass is 32.2. The molecule has 1 heterocycles. The van der Waals surface area contributed by atoms with Crippen molar-refractivity contribution >= 4 is 11.8 Å². The van der Waals surface area contributed by atoms with Gasteiger partial charge in [0.25, 0.3) is 0 Å². The number of nitrogens with zero attached hydrogens (tertiary/aromatic N) is 4. The molecule has 1 aliphatic rings. The summed E-state index contributed by atoms with van der Waals surface area (Å²) in [6, 6.07) is 0.501. The lowest BCUT2D eigenvalue weighted by molar-refractivity contribution is 0.279. The molecule has 1 aromatic rings. The Morgan fingerprint density at radius 1 is 1.60 bits per heavy atom. The second-order valence-electron chi connectivity index (χ2n) is 3.72. The minimum atomic E-state index is 0.00403. The summed E-state index contributed by atoms with van der Waals surface area (Å²) in [5.41, 5.74) is 5.78. The van der Waals surface area contributed by atoms with Crippen LogP contribution in [-0.4, -0.2) is 43.7 Å². The summed E-state index contributed by atoms with van der Waals surface area (Å²) in [6.45, 7) is 0.134. The maximum atomic E-state index is 8.71. The van der Waals surface area contributed by atoms with Gasteiger partial charge in [-0.3, -0.25) is 0 Å². The lowest BCUT2D eigenvalue weighted by Crippen LogP contribution is -2.24. The molecule has 0 bridgehead atoms. The van der Waals surface area contributed by atoms with E-state index in [0.29, 0.717) is 12.5 Å². The number of aromatic nitrogens is 4. The molecule has 6 nitrogen and oxygen atoms in total. The Bertz CT molecular complexity index is 314. The summed E-state index contributed by atoms with van der Waals surface area (Å²) < 4.78 is 1.87. The zero-order chi connectivity index (χ0) is 10.7. The molecule has 1 saturated carbocycles. The van der Waals surface area contributed by atoms with E-state index in [1.165, 1.54) is 12.8 Å². The van der Waals surface area contributed by atoms with Gasteiger partial charge in [0, 0.05) is 18.4 Å². The standard InChI is InChI=1S/C8H15N5OS/c9-6(3-4-14)5-15-8-10-11-12-13(8)7-1-2-7/h6-7,14H,1-5,9H2. The largest absolute Gasteiger partial charge is 0.396 e. The zero-order valence-corrected chi connectivity index (χ0v) is 9.23. The van der Waals surface area contributed by atoms with Crippen molar-refractivity contribution in [2.24, 2.45) is 5.73 Å². The Morgan fingerprint density at radius 3 is 3.07 bits per heavy atom. The molecule has 0 spiro atoms. The highest BCUT2D eigenvalue weighted by Crippen LogP contribution is 2.36. The summed E-state index contributed by atoms with van der Waals surface area (Å²) in [4.78, 5) is 0. The van der Waals surface area contributed by atoms with Crippen LogP contribution in [0.3, 0.4) is 0 Å². The summed E-state index contributed by atoms with van der Waals surface area (Å²) >= 11 is 1.56. The second kappa shape index (κ2) is 4.91. The fourth-order valence-corrected chi connectivity index (χ4v) is 2.20. The van der Waals surface area contributed by atoms with Gasteiger partial charge in [-0.1, -0.05) is 11.8 Å². The van der Waals surface area contributed by atoms with E-state index in [1.54, 1.807) is 11.8 Å². The highest BCUT2D eigenvalue weighted by Gasteiger charge is 2.27. The monoisotopic (exact) mass is 229 g/mol. The number of hydrogen-bond donors (Lipinski definition) is 2. The van der Waals surface area contributed by atoms with Crippen molar-refractivity contribution in [1.82, 2.24) is 20.2 Å². The Morgan fingerprint density at radius 2 is 2.40 bits per heavy atom. The van der Waals surface area contributed by atoms with Crippen LogP contribution in [0.1, 0.15) is 25.3 Å². The van der Waals surface area contributed by atoms with Crippen LogP contribution in [0.25, 0.3) is 0 Å². The minimum Gasteiger partial charge on any atom is -0.396 e. The van der Waals surface area contributed by atoms with Gasteiger partial charge in [-0.05, 0) is 29.7 Å². The molecule has 3 N–H and O–H groups in total. The Balaban J connectivity index is 1.84. The van der Waals surface area contributed by atoms with Crippen molar-refractivity contribution in [3.63, 3.8) is 0 Å². The van der Waals surface area contributed by atoms with Crippen LogP contribution in [-0.2, 0) is 0 Å². The van der Waals surface area contributed by atoms with Crippen molar-refractivity contribution in [2.45, 2.75) is 36.5 Å². The molecule has 1 aromatic heterocycles. The maximum Gasteiger partial charge on any atom is 0.209 e. The van der Waals surface area contributed by atoms with Crippen LogP contribution in [0.5, 0.6) is 0 Å². The zero-order valence-electron chi connectivity index (χ0n) is 8.41. The first-order valence-electron chi connectivity index (χ1n) is 5.08.